The molecular weight excluding hydrogens is 344 g/mol. The molecule has 1 aliphatic carbocycles. The molecule has 1 saturated carbocycles. The van der Waals surface area contributed by atoms with Crippen LogP contribution in [-0.2, 0) is 9.53 Å². The topological polar surface area (TPSA) is 90.3 Å². The Kier molecular flexibility index (Phi) is 7.90. The van der Waals surface area contributed by atoms with Gasteiger partial charge < -0.3 is 20.1 Å². The van der Waals surface area contributed by atoms with Gasteiger partial charge in [-0.25, -0.2) is 4.79 Å². The number of ether oxygens (including phenoxy) is 1. The molecule has 1 heterocycles. The summed E-state index contributed by atoms with van der Waals surface area (Å²) in [6.45, 7) is 6.46. The molecule has 156 valence electrons. The third kappa shape index (κ3) is 6.03. The van der Waals surface area contributed by atoms with E-state index in [1.54, 1.807) is 0 Å². The highest BCUT2D eigenvalue weighted by Crippen LogP contribution is 2.40. The van der Waals surface area contributed by atoms with E-state index in [0.29, 0.717) is 18.3 Å². The van der Waals surface area contributed by atoms with Gasteiger partial charge in [-0.15, -0.1) is 0 Å². The molecular formula is C22H38O5. The Bertz CT molecular complexity index is 515. The van der Waals surface area contributed by atoms with Gasteiger partial charge in [0.05, 0.1) is 6.10 Å². The van der Waals surface area contributed by atoms with E-state index >= 15 is 0 Å². The van der Waals surface area contributed by atoms with Crippen LogP contribution in [0.5, 0.6) is 0 Å². The molecule has 3 N–H and O–H groups in total. The van der Waals surface area contributed by atoms with E-state index in [1.165, 1.54) is 19.3 Å². The third-order valence-corrected chi connectivity index (χ3v) is 6.53. The average molecular weight is 383 g/mol. The Morgan fingerprint density at radius 3 is 2.59 bits per heavy atom. The number of allylic oxidation sites excluding steroid dienone is 1. The number of aliphatic carboxylic acids is 1. The molecule has 0 aromatic carbocycles. The van der Waals surface area contributed by atoms with Gasteiger partial charge in [0.2, 0.25) is 0 Å². The Morgan fingerprint density at radius 2 is 1.96 bits per heavy atom. The molecule has 1 aliphatic heterocycles. The van der Waals surface area contributed by atoms with Gasteiger partial charge in [-0.1, -0.05) is 65.0 Å². The molecule has 2 unspecified atom stereocenters. The fourth-order valence-electron chi connectivity index (χ4n) is 4.33. The van der Waals surface area contributed by atoms with Gasteiger partial charge in [0.15, 0.2) is 0 Å². The number of epoxide rings is 1. The maximum absolute atomic E-state index is 10.8. The first-order valence-corrected chi connectivity index (χ1v) is 10.7. The van der Waals surface area contributed by atoms with Crippen molar-refractivity contribution in [1.82, 2.24) is 0 Å². The summed E-state index contributed by atoms with van der Waals surface area (Å²) < 4.78 is 4.90. The number of unbranched alkanes of at least 4 members (excludes halogenated alkanes) is 2. The van der Waals surface area contributed by atoms with Crippen LogP contribution in [-0.4, -0.2) is 39.3 Å². The van der Waals surface area contributed by atoms with Gasteiger partial charge in [0.1, 0.15) is 6.10 Å². The molecule has 1 saturated heterocycles. The van der Waals surface area contributed by atoms with E-state index < -0.39 is 24.0 Å². The predicted octanol–water partition coefficient (Wildman–Crippen LogP) is 4.27. The molecule has 0 bridgehead atoms. The molecule has 0 amide bonds. The summed E-state index contributed by atoms with van der Waals surface area (Å²) in [5.41, 5.74) is -0.0776. The Labute approximate surface area is 163 Å². The zero-order valence-electron chi connectivity index (χ0n) is 17.2. The van der Waals surface area contributed by atoms with Crippen LogP contribution in [0.4, 0.5) is 0 Å². The van der Waals surface area contributed by atoms with E-state index in [9.17, 15) is 15.0 Å². The fourth-order valence-corrected chi connectivity index (χ4v) is 4.33. The predicted molar refractivity (Wildman–Crippen MR) is 105 cm³/mol. The van der Waals surface area contributed by atoms with Crippen LogP contribution >= 0.6 is 0 Å². The molecule has 2 fully saturated rings. The zero-order chi connectivity index (χ0) is 20.1. The lowest BCUT2D eigenvalue weighted by Gasteiger charge is -2.29. The van der Waals surface area contributed by atoms with E-state index in [4.69, 9.17) is 9.84 Å². The van der Waals surface area contributed by atoms with Crippen molar-refractivity contribution in [2.45, 2.75) is 103 Å². The highest BCUT2D eigenvalue weighted by molar-refractivity contribution is 5.78. The Morgan fingerprint density at radius 1 is 1.26 bits per heavy atom. The van der Waals surface area contributed by atoms with E-state index in [0.717, 1.165) is 38.5 Å². The minimum absolute atomic E-state index is 0.0776. The molecule has 0 aromatic rings. The van der Waals surface area contributed by atoms with Crippen LogP contribution in [0.1, 0.15) is 85.0 Å². The molecule has 2 aliphatic rings. The van der Waals surface area contributed by atoms with Crippen molar-refractivity contribution in [3.8, 4) is 0 Å². The smallest absolute Gasteiger partial charge is 0.367 e. The number of carboxylic acid groups (broad SMARTS) is 1. The minimum atomic E-state index is -1.93. The molecule has 5 nitrogen and oxygen atoms in total. The Hall–Kier alpha value is -0.910. The standard InChI is InChI=1S/C22H38O5/c1-4-5-15-21(2,3)18(23)14-13-17-11-8-10-16(17)9-6-7-12-19-22(26,27-19)20(24)25/h13-14,16-19,23,26H,4-12,15H2,1-3H3,(H,24,25)/t16-,17+,18+,19?,22?/m0/s1. The average Bonchev–Trinajstić information content (AvgIpc) is 3.09. The molecule has 0 radical (unpaired) electrons. The fraction of sp³-hybridized carbons (Fsp3) is 0.864. The van der Waals surface area contributed by atoms with Gasteiger partial charge in [-0.3, -0.25) is 0 Å². The van der Waals surface area contributed by atoms with Crippen molar-refractivity contribution in [3.63, 3.8) is 0 Å². The highest BCUT2D eigenvalue weighted by Gasteiger charge is 2.61. The molecule has 27 heavy (non-hydrogen) atoms. The van der Waals surface area contributed by atoms with Crippen molar-refractivity contribution in [3.05, 3.63) is 12.2 Å². The number of hydrogen-bond donors (Lipinski definition) is 3. The molecule has 2 rings (SSSR count). The molecule has 0 spiro atoms. The maximum Gasteiger partial charge on any atom is 0.367 e. The lowest BCUT2D eigenvalue weighted by atomic mass is 9.80. The zero-order valence-corrected chi connectivity index (χ0v) is 17.2. The Balaban J connectivity index is 1.71. The summed E-state index contributed by atoms with van der Waals surface area (Å²) in [5.74, 6) is -2.03. The maximum atomic E-state index is 10.8. The van der Waals surface area contributed by atoms with Crippen LogP contribution in [0.15, 0.2) is 12.2 Å². The van der Waals surface area contributed by atoms with Crippen molar-refractivity contribution in [2.24, 2.45) is 17.3 Å². The second kappa shape index (κ2) is 9.53. The van der Waals surface area contributed by atoms with Gasteiger partial charge in [-0.05, 0) is 49.4 Å². The van der Waals surface area contributed by atoms with Crippen molar-refractivity contribution < 1.29 is 24.9 Å². The number of carboxylic acids is 1. The summed E-state index contributed by atoms with van der Waals surface area (Å²) in [6, 6.07) is 0. The minimum Gasteiger partial charge on any atom is -0.477 e. The van der Waals surface area contributed by atoms with Gasteiger partial charge >= 0.3 is 5.97 Å². The van der Waals surface area contributed by atoms with E-state index in [1.807, 2.05) is 6.08 Å². The van der Waals surface area contributed by atoms with Gasteiger partial charge in [0, 0.05) is 0 Å². The number of rotatable bonds is 12. The quantitative estimate of drug-likeness (QED) is 0.266. The molecule has 5 heteroatoms. The summed E-state index contributed by atoms with van der Waals surface area (Å²) in [5, 5.41) is 29.0. The SMILES string of the molecule is CCCCC(C)(C)[C@H](O)C=C[C@H]1CCC[C@@H]1CCCCC1OC1(O)C(=O)O. The highest BCUT2D eigenvalue weighted by atomic mass is 16.8. The first-order valence-electron chi connectivity index (χ1n) is 10.7. The number of aliphatic hydroxyl groups excluding tert-OH is 1. The second-order valence-electron chi connectivity index (χ2n) is 9.17. The largest absolute Gasteiger partial charge is 0.477 e. The van der Waals surface area contributed by atoms with Crippen molar-refractivity contribution in [1.29, 1.82) is 0 Å². The van der Waals surface area contributed by atoms with E-state index in [-0.39, 0.29) is 5.41 Å². The molecule has 0 aromatic heterocycles. The number of carbonyl (C=O) groups is 1. The molecule has 5 atom stereocenters. The number of aliphatic hydroxyl groups is 2. The lowest BCUT2D eigenvalue weighted by Crippen LogP contribution is -2.27. The van der Waals surface area contributed by atoms with Crippen molar-refractivity contribution in [2.75, 3.05) is 0 Å². The second-order valence-corrected chi connectivity index (χ2v) is 9.17. The summed E-state index contributed by atoms with van der Waals surface area (Å²) in [4.78, 5) is 10.8. The van der Waals surface area contributed by atoms with Crippen LogP contribution in [0.25, 0.3) is 0 Å². The van der Waals surface area contributed by atoms with E-state index in [2.05, 4.69) is 26.8 Å². The normalized spacial score (nSPS) is 32.1. The van der Waals surface area contributed by atoms with Crippen LogP contribution in [0.3, 0.4) is 0 Å². The lowest BCUT2D eigenvalue weighted by molar-refractivity contribution is -0.157. The summed E-state index contributed by atoms with van der Waals surface area (Å²) >= 11 is 0. The first-order chi connectivity index (χ1) is 12.7. The third-order valence-electron chi connectivity index (χ3n) is 6.53. The van der Waals surface area contributed by atoms with Crippen LogP contribution in [0, 0.1) is 17.3 Å². The summed E-state index contributed by atoms with van der Waals surface area (Å²) in [7, 11) is 0. The first kappa shape index (κ1) is 22.4. The van der Waals surface area contributed by atoms with Crippen LogP contribution < -0.4 is 0 Å². The van der Waals surface area contributed by atoms with Crippen LogP contribution in [0.2, 0.25) is 0 Å². The van der Waals surface area contributed by atoms with Crippen molar-refractivity contribution >= 4 is 5.97 Å². The summed E-state index contributed by atoms with van der Waals surface area (Å²) in [6.07, 6.45) is 13.9. The monoisotopic (exact) mass is 382 g/mol. The van der Waals surface area contributed by atoms with Gasteiger partial charge in [0.25, 0.3) is 5.79 Å². The van der Waals surface area contributed by atoms with Gasteiger partial charge in [-0.2, -0.15) is 0 Å². The number of hydrogen-bond acceptors (Lipinski definition) is 4.